The predicted molar refractivity (Wildman–Crippen MR) is 94.3 cm³/mol. The molecule has 0 fully saturated rings. The van der Waals surface area contributed by atoms with Gasteiger partial charge in [-0.15, -0.1) is 6.42 Å². The Hall–Kier alpha value is -0.740. The summed E-state index contributed by atoms with van der Waals surface area (Å²) in [5.41, 5.74) is 0. The Balaban J connectivity index is 3.06. The number of hydrogen-bond donors (Lipinski definition) is 1. The second-order valence-corrected chi connectivity index (χ2v) is 6.07. The molecular formula is C20H36O. The highest BCUT2D eigenvalue weighted by Gasteiger charge is 1.93. The lowest BCUT2D eigenvalue weighted by Gasteiger charge is -2.02. The van der Waals surface area contributed by atoms with Crippen molar-refractivity contribution >= 4 is 0 Å². The maximum Gasteiger partial charge on any atom is 0.133 e. The number of aliphatic hydroxyl groups is 1. The number of aliphatic hydroxyl groups excluding tert-OH is 1. The average Bonchev–Trinajstić information content (AvgIpc) is 2.50. The van der Waals surface area contributed by atoms with E-state index in [1.807, 2.05) is 6.08 Å². The Labute approximate surface area is 133 Å². The van der Waals surface area contributed by atoms with Crippen molar-refractivity contribution < 1.29 is 5.11 Å². The summed E-state index contributed by atoms with van der Waals surface area (Å²) in [4.78, 5) is 0. The van der Waals surface area contributed by atoms with Crippen molar-refractivity contribution in [2.24, 2.45) is 0 Å². The highest BCUT2D eigenvalue weighted by molar-refractivity contribution is 5.05. The van der Waals surface area contributed by atoms with Gasteiger partial charge in [-0.25, -0.2) is 0 Å². The van der Waals surface area contributed by atoms with Crippen LogP contribution < -0.4 is 0 Å². The molecule has 0 aliphatic carbocycles. The van der Waals surface area contributed by atoms with Crippen LogP contribution in [0.1, 0.15) is 96.8 Å². The molecule has 0 amide bonds. The van der Waals surface area contributed by atoms with E-state index in [-0.39, 0.29) is 0 Å². The Morgan fingerprint density at radius 3 is 1.67 bits per heavy atom. The summed E-state index contributed by atoms with van der Waals surface area (Å²) in [6, 6.07) is 0. The lowest BCUT2D eigenvalue weighted by Crippen LogP contribution is -1.95. The van der Waals surface area contributed by atoms with Gasteiger partial charge in [0.1, 0.15) is 6.10 Å². The Morgan fingerprint density at radius 1 is 0.810 bits per heavy atom. The van der Waals surface area contributed by atoms with E-state index in [2.05, 4.69) is 12.8 Å². The Bertz CT molecular complexity index is 262. The van der Waals surface area contributed by atoms with Crippen molar-refractivity contribution in [3.63, 3.8) is 0 Å². The van der Waals surface area contributed by atoms with Gasteiger partial charge in [0.25, 0.3) is 0 Å². The molecule has 122 valence electrons. The van der Waals surface area contributed by atoms with Gasteiger partial charge in [-0.2, -0.15) is 0 Å². The molecule has 0 bridgehead atoms. The molecule has 0 heterocycles. The zero-order chi connectivity index (χ0) is 15.6. The van der Waals surface area contributed by atoms with Gasteiger partial charge in [-0.05, 0) is 18.9 Å². The van der Waals surface area contributed by atoms with Crippen LogP contribution in [0.5, 0.6) is 0 Å². The Kier molecular flexibility index (Phi) is 16.7. The van der Waals surface area contributed by atoms with E-state index in [1.165, 1.54) is 83.5 Å². The van der Waals surface area contributed by atoms with Crippen molar-refractivity contribution in [3.05, 3.63) is 12.2 Å². The number of unbranched alkanes of at least 4 members (excludes halogenated alkanes) is 13. The van der Waals surface area contributed by atoms with E-state index in [0.29, 0.717) is 0 Å². The smallest absolute Gasteiger partial charge is 0.133 e. The summed E-state index contributed by atoms with van der Waals surface area (Å²) in [6.45, 7) is 2.27. The van der Waals surface area contributed by atoms with Crippen LogP contribution in [-0.4, -0.2) is 11.2 Å². The second-order valence-electron chi connectivity index (χ2n) is 6.07. The zero-order valence-corrected chi connectivity index (χ0v) is 14.2. The third-order valence-electron chi connectivity index (χ3n) is 3.96. The molecule has 0 aromatic carbocycles. The SMILES string of the molecule is C#C[C@H](O)/C=C/CCCCCCCCCCCCCCC. The summed E-state index contributed by atoms with van der Waals surface area (Å²) >= 11 is 0. The number of allylic oxidation sites excluding steroid dienone is 1. The minimum Gasteiger partial charge on any atom is -0.377 e. The first kappa shape index (κ1) is 20.3. The van der Waals surface area contributed by atoms with Gasteiger partial charge in [0.15, 0.2) is 0 Å². The topological polar surface area (TPSA) is 20.2 Å². The van der Waals surface area contributed by atoms with Crippen LogP contribution >= 0.6 is 0 Å². The number of rotatable bonds is 15. The molecular weight excluding hydrogens is 256 g/mol. The maximum absolute atomic E-state index is 9.14. The maximum atomic E-state index is 9.14. The lowest BCUT2D eigenvalue weighted by atomic mass is 10.0. The largest absolute Gasteiger partial charge is 0.377 e. The van der Waals surface area contributed by atoms with Gasteiger partial charge in [0.2, 0.25) is 0 Å². The molecule has 0 saturated carbocycles. The number of terminal acetylenes is 1. The fraction of sp³-hybridized carbons (Fsp3) is 0.800. The van der Waals surface area contributed by atoms with Crippen LogP contribution in [0, 0.1) is 12.3 Å². The molecule has 0 spiro atoms. The molecule has 1 nitrogen and oxygen atoms in total. The van der Waals surface area contributed by atoms with Gasteiger partial charge in [-0.3, -0.25) is 0 Å². The minimum absolute atomic E-state index is 0.702. The first-order valence-corrected chi connectivity index (χ1v) is 9.12. The molecule has 0 radical (unpaired) electrons. The molecule has 1 atom stereocenters. The monoisotopic (exact) mass is 292 g/mol. The van der Waals surface area contributed by atoms with Gasteiger partial charge >= 0.3 is 0 Å². The fourth-order valence-corrected chi connectivity index (χ4v) is 2.56. The van der Waals surface area contributed by atoms with E-state index in [0.717, 1.165) is 6.42 Å². The predicted octanol–water partition coefficient (Wildman–Crippen LogP) is 6.02. The quantitative estimate of drug-likeness (QED) is 0.222. The minimum atomic E-state index is -0.702. The first-order chi connectivity index (χ1) is 10.3. The molecule has 0 rings (SSSR count). The van der Waals surface area contributed by atoms with E-state index in [9.17, 15) is 0 Å². The molecule has 0 aliphatic rings. The summed E-state index contributed by atoms with van der Waals surface area (Å²) in [7, 11) is 0. The van der Waals surface area contributed by atoms with Crippen molar-refractivity contribution in [1.82, 2.24) is 0 Å². The number of hydrogen-bond acceptors (Lipinski definition) is 1. The molecule has 0 aromatic rings. The molecule has 1 N–H and O–H groups in total. The van der Waals surface area contributed by atoms with Crippen LogP contribution in [0.15, 0.2) is 12.2 Å². The van der Waals surface area contributed by atoms with Crippen LogP contribution in [0.25, 0.3) is 0 Å². The average molecular weight is 293 g/mol. The van der Waals surface area contributed by atoms with Crippen molar-refractivity contribution in [3.8, 4) is 12.3 Å². The van der Waals surface area contributed by atoms with Crippen LogP contribution in [0.3, 0.4) is 0 Å². The summed E-state index contributed by atoms with van der Waals surface area (Å²) in [5.74, 6) is 2.28. The zero-order valence-electron chi connectivity index (χ0n) is 14.2. The highest BCUT2D eigenvalue weighted by Crippen LogP contribution is 2.12. The second kappa shape index (κ2) is 17.3. The van der Waals surface area contributed by atoms with Crippen molar-refractivity contribution in [2.45, 2.75) is 103 Å². The Morgan fingerprint density at radius 2 is 1.24 bits per heavy atom. The molecule has 0 aliphatic heterocycles. The standard InChI is InChI=1S/C20H36O/c1-3-5-6-7-8-9-10-11-12-13-14-15-16-17-18-19-20(21)4-2/h2,18-21H,3,5-17H2,1H3/b19-18+/t20-/m0/s1. The van der Waals surface area contributed by atoms with Crippen LogP contribution in [-0.2, 0) is 0 Å². The van der Waals surface area contributed by atoms with E-state index in [4.69, 9.17) is 11.5 Å². The first-order valence-electron chi connectivity index (χ1n) is 9.12. The van der Waals surface area contributed by atoms with E-state index < -0.39 is 6.10 Å². The molecule has 1 heteroatoms. The highest BCUT2D eigenvalue weighted by atomic mass is 16.3. The molecule has 0 unspecified atom stereocenters. The molecule has 0 aromatic heterocycles. The van der Waals surface area contributed by atoms with Crippen LogP contribution in [0.4, 0.5) is 0 Å². The van der Waals surface area contributed by atoms with Crippen molar-refractivity contribution in [1.29, 1.82) is 0 Å². The van der Waals surface area contributed by atoms with Gasteiger partial charge in [0.05, 0.1) is 0 Å². The van der Waals surface area contributed by atoms with Crippen LogP contribution in [0.2, 0.25) is 0 Å². The third-order valence-corrected chi connectivity index (χ3v) is 3.96. The lowest BCUT2D eigenvalue weighted by molar-refractivity contribution is 0.280. The summed E-state index contributed by atoms with van der Waals surface area (Å²) < 4.78 is 0. The third kappa shape index (κ3) is 17.2. The normalized spacial score (nSPS) is 12.6. The molecule has 0 saturated heterocycles. The van der Waals surface area contributed by atoms with Crippen molar-refractivity contribution in [2.75, 3.05) is 0 Å². The molecule has 21 heavy (non-hydrogen) atoms. The van der Waals surface area contributed by atoms with Gasteiger partial charge in [-0.1, -0.05) is 96.0 Å². The van der Waals surface area contributed by atoms with E-state index >= 15 is 0 Å². The van der Waals surface area contributed by atoms with Gasteiger partial charge < -0.3 is 5.11 Å². The summed E-state index contributed by atoms with van der Waals surface area (Å²) in [5, 5.41) is 9.14. The fourth-order valence-electron chi connectivity index (χ4n) is 2.56. The summed E-state index contributed by atoms with van der Waals surface area (Å²) in [6.07, 6.45) is 27.1. The van der Waals surface area contributed by atoms with E-state index in [1.54, 1.807) is 6.08 Å². The van der Waals surface area contributed by atoms with Gasteiger partial charge in [0, 0.05) is 0 Å².